The number of amides is 3. The SMILES string of the molecule is CC(N)C(=O)NC(C)c1ccc(NC(N)=O)cc1.Cl. The quantitative estimate of drug-likeness (QED) is 0.665. The molecule has 1 aromatic rings. The van der Waals surface area contributed by atoms with E-state index in [1.54, 1.807) is 31.2 Å². The third-order valence-electron chi connectivity index (χ3n) is 2.45. The van der Waals surface area contributed by atoms with Crippen LogP contribution in [0.1, 0.15) is 25.5 Å². The zero-order valence-corrected chi connectivity index (χ0v) is 11.7. The Kier molecular flexibility index (Phi) is 6.89. The summed E-state index contributed by atoms with van der Waals surface area (Å²) in [6, 6.07) is 5.74. The number of carbonyl (C=O) groups excluding carboxylic acids is 2. The maximum Gasteiger partial charge on any atom is 0.316 e. The van der Waals surface area contributed by atoms with E-state index in [9.17, 15) is 9.59 Å². The Hall–Kier alpha value is -1.79. The van der Waals surface area contributed by atoms with Gasteiger partial charge in [0.15, 0.2) is 0 Å². The lowest BCUT2D eigenvalue weighted by atomic mass is 10.1. The number of anilines is 1. The van der Waals surface area contributed by atoms with Crippen LogP contribution in [0.4, 0.5) is 10.5 Å². The molecular formula is C12H19ClN4O2. The Labute approximate surface area is 118 Å². The molecule has 0 fully saturated rings. The van der Waals surface area contributed by atoms with Crippen LogP contribution in [0.2, 0.25) is 0 Å². The second-order valence-corrected chi connectivity index (χ2v) is 4.13. The predicted octanol–water partition coefficient (Wildman–Crippen LogP) is 1.12. The number of carbonyl (C=O) groups is 2. The fourth-order valence-corrected chi connectivity index (χ4v) is 1.43. The molecule has 0 saturated heterocycles. The summed E-state index contributed by atoms with van der Waals surface area (Å²) in [6.45, 7) is 3.48. The highest BCUT2D eigenvalue weighted by Crippen LogP contribution is 2.15. The van der Waals surface area contributed by atoms with E-state index in [0.717, 1.165) is 5.56 Å². The van der Waals surface area contributed by atoms with Crippen molar-refractivity contribution >= 4 is 30.0 Å². The predicted molar refractivity (Wildman–Crippen MR) is 77.1 cm³/mol. The summed E-state index contributed by atoms with van der Waals surface area (Å²) in [5.41, 5.74) is 12.0. The van der Waals surface area contributed by atoms with Crippen LogP contribution in [-0.4, -0.2) is 18.0 Å². The highest BCUT2D eigenvalue weighted by Gasteiger charge is 2.12. The molecule has 6 nitrogen and oxygen atoms in total. The Morgan fingerprint density at radius 3 is 2.11 bits per heavy atom. The zero-order chi connectivity index (χ0) is 13.7. The average molecular weight is 287 g/mol. The fourth-order valence-electron chi connectivity index (χ4n) is 1.43. The van der Waals surface area contributed by atoms with Crippen molar-refractivity contribution in [2.24, 2.45) is 11.5 Å². The van der Waals surface area contributed by atoms with Gasteiger partial charge in [-0.1, -0.05) is 12.1 Å². The minimum Gasteiger partial charge on any atom is -0.351 e. The van der Waals surface area contributed by atoms with E-state index >= 15 is 0 Å². The molecule has 7 heteroatoms. The number of halogens is 1. The van der Waals surface area contributed by atoms with Gasteiger partial charge in [-0.2, -0.15) is 0 Å². The number of benzene rings is 1. The van der Waals surface area contributed by atoms with Gasteiger partial charge in [0, 0.05) is 5.69 Å². The summed E-state index contributed by atoms with van der Waals surface area (Å²) in [5.74, 6) is -0.207. The summed E-state index contributed by atoms with van der Waals surface area (Å²) in [6.07, 6.45) is 0. The Bertz CT molecular complexity index is 434. The van der Waals surface area contributed by atoms with Gasteiger partial charge in [-0.3, -0.25) is 4.79 Å². The van der Waals surface area contributed by atoms with Crippen molar-refractivity contribution in [3.8, 4) is 0 Å². The Balaban J connectivity index is 0.00000324. The Morgan fingerprint density at radius 1 is 1.16 bits per heavy atom. The molecule has 0 heterocycles. The monoisotopic (exact) mass is 286 g/mol. The van der Waals surface area contributed by atoms with E-state index in [1.807, 2.05) is 6.92 Å². The van der Waals surface area contributed by atoms with Crippen LogP contribution in [0.25, 0.3) is 0 Å². The highest BCUT2D eigenvalue weighted by molar-refractivity contribution is 5.87. The van der Waals surface area contributed by atoms with E-state index in [1.165, 1.54) is 0 Å². The largest absolute Gasteiger partial charge is 0.351 e. The summed E-state index contributed by atoms with van der Waals surface area (Å²) in [5, 5.41) is 5.24. The molecule has 1 aromatic carbocycles. The van der Waals surface area contributed by atoms with Gasteiger partial charge in [-0.15, -0.1) is 12.4 Å². The fraction of sp³-hybridized carbons (Fsp3) is 0.333. The number of urea groups is 1. The van der Waals surface area contributed by atoms with Crippen LogP contribution >= 0.6 is 12.4 Å². The van der Waals surface area contributed by atoms with Crippen molar-refractivity contribution in [1.29, 1.82) is 0 Å². The first kappa shape index (κ1) is 17.2. The van der Waals surface area contributed by atoms with Gasteiger partial charge in [0.2, 0.25) is 5.91 Å². The molecule has 106 valence electrons. The lowest BCUT2D eigenvalue weighted by molar-refractivity contribution is -0.122. The molecule has 0 aliphatic carbocycles. The normalized spacial score (nSPS) is 12.8. The van der Waals surface area contributed by atoms with E-state index in [0.29, 0.717) is 5.69 Å². The van der Waals surface area contributed by atoms with Gasteiger partial charge in [-0.05, 0) is 31.5 Å². The van der Waals surface area contributed by atoms with E-state index < -0.39 is 12.1 Å². The molecule has 0 aliphatic heterocycles. The second-order valence-electron chi connectivity index (χ2n) is 4.13. The summed E-state index contributed by atoms with van der Waals surface area (Å²) in [4.78, 5) is 22.1. The molecule has 3 amide bonds. The summed E-state index contributed by atoms with van der Waals surface area (Å²) < 4.78 is 0. The first-order chi connectivity index (χ1) is 8.40. The molecular weight excluding hydrogens is 268 g/mol. The maximum atomic E-state index is 11.4. The zero-order valence-electron chi connectivity index (χ0n) is 10.8. The smallest absolute Gasteiger partial charge is 0.316 e. The minimum atomic E-state index is -0.610. The molecule has 0 aromatic heterocycles. The molecule has 2 atom stereocenters. The number of primary amides is 1. The van der Waals surface area contributed by atoms with E-state index in [-0.39, 0.29) is 24.4 Å². The van der Waals surface area contributed by atoms with Crippen LogP contribution < -0.4 is 22.1 Å². The molecule has 0 radical (unpaired) electrons. The number of nitrogens with one attached hydrogen (secondary N) is 2. The third-order valence-corrected chi connectivity index (χ3v) is 2.45. The van der Waals surface area contributed by atoms with Gasteiger partial charge in [0.25, 0.3) is 0 Å². The number of rotatable bonds is 4. The van der Waals surface area contributed by atoms with Gasteiger partial charge in [0.1, 0.15) is 0 Å². The van der Waals surface area contributed by atoms with Gasteiger partial charge < -0.3 is 22.1 Å². The third kappa shape index (κ3) is 5.58. The molecule has 2 unspecified atom stereocenters. The van der Waals surface area contributed by atoms with Crippen molar-refractivity contribution in [2.75, 3.05) is 5.32 Å². The summed E-state index contributed by atoms with van der Waals surface area (Å²) in [7, 11) is 0. The lowest BCUT2D eigenvalue weighted by Gasteiger charge is -2.16. The van der Waals surface area contributed by atoms with Gasteiger partial charge in [0.05, 0.1) is 12.1 Å². The van der Waals surface area contributed by atoms with E-state index in [2.05, 4.69) is 10.6 Å². The molecule has 19 heavy (non-hydrogen) atoms. The van der Waals surface area contributed by atoms with Crippen molar-refractivity contribution in [2.45, 2.75) is 25.9 Å². The maximum absolute atomic E-state index is 11.4. The second kappa shape index (κ2) is 7.60. The average Bonchev–Trinajstić information content (AvgIpc) is 2.28. The molecule has 0 spiro atoms. The van der Waals surface area contributed by atoms with Crippen molar-refractivity contribution in [3.63, 3.8) is 0 Å². The number of hydrogen-bond acceptors (Lipinski definition) is 3. The van der Waals surface area contributed by atoms with Gasteiger partial charge in [-0.25, -0.2) is 4.79 Å². The van der Waals surface area contributed by atoms with Crippen molar-refractivity contribution < 1.29 is 9.59 Å². The van der Waals surface area contributed by atoms with Crippen molar-refractivity contribution in [1.82, 2.24) is 5.32 Å². The topological polar surface area (TPSA) is 110 Å². The van der Waals surface area contributed by atoms with Crippen LogP contribution in [0, 0.1) is 0 Å². The standard InChI is InChI=1S/C12H18N4O2.ClH/c1-7(13)11(17)15-8(2)9-3-5-10(6-4-9)16-12(14)18;/h3-8H,13H2,1-2H3,(H,15,17)(H3,14,16,18);1H. The van der Waals surface area contributed by atoms with Crippen LogP contribution in [0.15, 0.2) is 24.3 Å². The molecule has 6 N–H and O–H groups in total. The van der Waals surface area contributed by atoms with Crippen LogP contribution in [0.3, 0.4) is 0 Å². The van der Waals surface area contributed by atoms with Crippen LogP contribution in [0.5, 0.6) is 0 Å². The van der Waals surface area contributed by atoms with Crippen molar-refractivity contribution in [3.05, 3.63) is 29.8 Å². The highest BCUT2D eigenvalue weighted by atomic mass is 35.5. The first-order valence-electron chi connectivity index (χ1n) is 5.62. The number of nitrogens with two attached hydrogens (primary N) is 2. The molecule has 0 aliphatic rings. The Morgan fingerprint density at radius 2 is 1.68 bits per heavy atom. The van der Waals surface area contributed by atoms with Gasteiger partial charge >= 0.3 is 6.03 Å². The molecule has 0 saturated carbocycles. The van der Waals surface area contributed by atoms with Crippen LogP contribution in [-0.2, 0) is 4.79 Å². The number of hydrogen-bond donors (Lipinski definition) is 4. The van der Waals surface area contributed by atoms with E-state index in [4.69, 9.17) is 11.5 Å². The summed E-state index contributed by atoms with van der Waals surface area (Å²) >= 11 is 0. The molecule has 0 bridgehead atoms. The first-order valence-corrected chi connectivity index (χ1v) is 5.62. The molecule has 1 rings (SSSR count). The minimum absolute atomic E-state index is 0. The lowest BCUT2D eigenvalue weighted by Crippen LogP contribution is -2.39.